The molecule has 1 saturated heterocycles. The smallest absolute Gasteiger partial charge is 0.305 e. The molecule has 25 heavy (non-hydrogen) atoms. The predicted octanol–water partition coefficient (Wildman–Crippen LogP) is 2.68. The molecule has 1 aliphatic rings. The molecule has 0 bridgehead atoms. The van der Waals surface area contributed by atoms with Gasteiger partial charge in [0.1, 0.15) is 5.75 Å². The summed E-state index contributed by atoms with van der Waals surface area (Å²) < 4.78 is 11.0. The van der Waals surface area contributed by atoms with Crippen molar-refractivity contribution in [1.29, 1.82) is 0 Å². The van der Waals surface area contributed by atoms with E-state index >= 15 is 0 Å². The second kappa shape index (κ2) is 9.42. The van der Waals surface area contributed by atoms with Crippen LogP contribution in [0.5, 0.6) is 5.75 Å². The maximum Gasteiger partial charge on any atom is 0.305 e. The number of unbranched alkanes of at least 4 members (excludes halogenated alkanes) is 1. The summed E-state index contributed by atoms with van der Waals surface area (Å²) in [6.07, 6.45) is 2.88. The average molecular weight is 349 g/mol. The number of nitrogens with one attached hydrogen (secondary N) is 1. The Morgan fingerprint density at radius 3 is 2.72 bits per heavy atom. The quantitative estimate of drug-likeness (QED) is 0.670. The highest BCUT2D eigenvalue weighted by molar-refractivity contribution is 5.78. The summed E-state index contributed by atoms with van der Waals surface area (Å²) in [5.74, 6) is -0.153. The van der Waals surface area contributed by atoms with Crippen LogP contribution in [0.4, 0.5) is 0 Å². The molecule has 6 heteroatoms. The molecule has 1 aromatic rings. The second-order valence-electron chi connectivity index (χ2n) is 6.63. The monoisotopic (exact) mass is 349 g/mol. The molecule has 0 radical (unpaired) electrons. The fourth-order valence-corrected chi connectivity index (χ4v) is 3.04. The van der Waals surface area contributed by atoms with Gasteiger partial charge in [0.15, 0.2) is 0 Å². The molecule has 0 atom stereocenters. The van der Waals surface area contributed by atoms with Gasteiger partial charge in [-0.25, -0.2) is 0 Å². The van der Waals surface area contributed by atoms with Crippen LogP contribution >= 0.6 is 0 Å². The maximum atomic E-state index is 12.2. The first kappa shape index (κ1) is 19.2. The molecule has 0 spiro atoms. The Balaban J connectivity index is 1.69. The van der Waals surface area contributed by atoms with Crippen LogP contribution < -0.4 is 10.1 Å². The molecule has 138 valence electrons. The molecule has 1 heterocycles. The van der Waals surface area contributed by atoms with Crippen molar-refractivity contribution >= 4 is 11.9 Å². The van der Waals surface area contributed by atoms with Crippen molar-refractivity contribution in [3.05, 3.63) is 29.8 Å². The predicted molar refractivity (Wildman–Crippen MR) is 93.7 cm³/mol. The number of hydrogen-bond donors (Lipinski definition) is 2. The number of aryl methyl sites for hydroxylation is 1. The minimum atomic E-state index is -0.895. The van der Waals surface area contributed by atoms with Crippen molar-refractivity contribution in [2.75, 3.05) is 19.8 Å². The lowest BCUT2D eigenvalue weighted by Gasteiger charge is -2.36. The van der Waals surface area contributed by atoms with Crippen LogP contribution in [-0.2, 0) is 14.3 Å². The van der Waals surface area contributed by atoms with Gasteiger partial charge in [0, 0.05) is 19.6 Å². The van der Waals surface area contributed by atoms with Crippen molar-refractivity contribution in [1.82, 2.24) is 5.32 Å². The van der Waals surface area contributed by atoms with Gasteiger partial charge in [-0.15, -0.1) is 0 Å². The largest absolute Gasteiger partial charge is 0.494 e. The third kappa shape index (κ3) is 6.74. The summed E-state index contributed by atoms with van der Waals surface area (Å²) in [7, 11) is 0. The first-order chi connectivity index (χ1) is 12.0. The topological polar surface area (TPSA) is 84.9 Å². The van der Waals surface area contributed by atoms with Crippen molar-refractivity contribution in [2.24, 2.45) is 0 Å². The summed E-state index contributed by atoms with van der Waals surface area (Å²) in [4.78, 5) is 23.3. The van der Waals surface area contributed by atoms with E-state index in [1.807, 2.05) is 31.2 Å². The minimum absolute atomic E-state index is 0.0570. The van der Waals surface area contributed by atoms with Crippen molar-refractivity contribution in [3.8, 4) is 5.75 Å². The number of aliphatic carboxylic acids is 1. The van der Waals surface area contributed by atoms with Gasteiger partial charge in [0.25, 0.3) is 0 Å². The Kier molecular flexibility index (Phi) is 7.25. The number of carboxylic acids is 1. The summed E-state index contributed by atoms with van der Waals surface area (Å²) in [6.45, 7) is 3.54. The summed E-state index contributed by atoms with van der Waals surface area (Å²) in [5.41, 5.74) is 0.483. The van der Waals surface area contributed by atoms with E-state index < -0.39 is 11.5 Å². The zero-order chi connectivity index (χ0) is 18.1. The SMILES string of the molecule is Cc1cccc(OCCCCC(=O)NC2(CC(=O)O)CCOCC2)c1. The standard InChI is InChI=1S/C19H27NO5/c1-15-5-4-6-16(13-15)25-10-3-2-7-17(21)20-19(14-18(22)23)8-11-24-12-9-19/h4-6,13H,2-3,7-12,14H2,1H3,(H,20,21)(H,22,23). The third-order valence-corrected chi connectivity index (χ3v) is 4.40. The summed E-state index contributed by atoms with van der Waals surface area (Å²) >= 11 is 0. The Bertz CT molecular complexity index is 581. The van der Waals surface area contributed by atoms with Crippen LogP contribution in [0.1, 0.15) is 44.1 Å². The fourth-order valence-electron chi connectivity index (χ4n) is 3.04. The van der Waals surface area contributed by atoms with Gasteiger partial charge in [0.05, 0.1) is 18.6 Å². The summed E-state index contributed by atoms with van der Waals surface area (Å²) in [5, 5.41) is 12.0. The maximum absolute atomic E-state index is 12.2. The van der Waals surface area contributed by atoms with Crippen LogP contribution in [0, 0.1) is 6.92 Å². The number of amides is 1. The fraction of sp³-hybridized carbons (Fsp3) is 0.579. The molecule has 0 unspecified atom stereocenters. The van der Waals surface area contributed by atoms with Gasteiger partial charge in [0.2, 0.25) is 5.91 Å². The molecule has 2 N–H and O–H groups in total. The van der Waals surface area contributed by atoms with Gasteiger partial charge in [-0.05, 0) is 50.3 Å². The van der Waals surface area contributed by atoms with Gasteiger partial charge in [-0.1, -0.05) is 12.1 Å². The van der Waals surface area contributed by atoms with Crippen LogP contribution in [0.2, 0.25) is 0 Å². The minimum Gasteiger partial charge on any atom is -0.494 e. The van der Waals surface area contributed by atoms with Crippen LogP contribution in [0.25, 0.3) is 0 Å². The highest BCUT2D eigenvalue weighted by atomic mass is 16.5. The average Bonchev–Trinajstić information content (AvgIpc) is 2.54. The number of benzene rings is 1. The number of carbonyl (C=O) groups excluding carboxylic acids is 1. The van der Waals surface area contributed by atoms with E-state index in [1.54, 1.807) is 0 Å². The van der Waals surface area contributed by atoms with E-state index in [0.29, 0.717) is 45.5 Å². The van der Waals surface area contributed by atoms with E-state index in [1.165, 1.54) is 0 Å². The van der Waals surface area contributed by atoms with Crippen LogP contribution in [0.3, 0.4) is 0 Å². The highest BCUT2D eigenvalue weighted by Crippen LogP contribution is 2.25. The lowest BCUT2D eigenvalue weighted by atomic mass is 9.86. The highest BCUT2D eigenvalue weighted by Gasteiger charge is 2.36. The van der Waals surface area contributed by atoms with Gasteiger partial charge >= 0.3 is 5.97 Å². The van der Waals surface area contributed by atoms with E-state index in [2.05, 4.69) is 5.32 Å². The zero-order valence-electron chi connectivity index (χ0n) is 14.8. The molecule has 0 aliphatic carbocycles. The molecule has 6 nitrogen and oxygen atoms in total. The Hall–Kier alpha value is -2.08. The molecule has 1 amide bonds. The lowest BCUT2D eigenvalue weighted by molar-refractivity contribution is -0.140. The van der Waals surface area contributed by atoms with Crippen LogP contribution in [-0.4, -0.2) is 42.3 Å². The Labute approximate surface area is 148 Å². The van der Waals surface area contributed by atoms with Gasteiger partial charge < -0.3 is 19.9 Å². The molecule has 1 aromatic carbocycles. The number of ether oxygens (including phenoxy) is 2. The zero-order valence-corrected chi connectivity index (χ0v) is 14.8. The number of rotatable bonds is 9. The molecular formula is C19H27NO5. The van der Waals surface area contributed by atoms with Crippen molar-refractivity contribution < 1.29 is 24.2 Å². The molecule has 1 fully saturated rings. The van der Waals surface area contributed by atoms with E-state index in [9.17, 15) is 9.59 Å². The number of carboxylic acid groups (broad SMARTS) is 1. The van der Waals surface area contributed by atoms with Gasteiger partial charge in [-0.3, -0.25) is 9.59 Å². The van der Waals surface area contributed by atoms with E-state index in [4.69, 9.17) is 14.6 Å². The van der Waals surface area contributed by atoms with E-state index in [-0.39, 0.29) is 12.3 Å². The normalized spacial score (nSPS) is 16.2. The lowest BCUT2D eigenvalue weighted by Crippen LogP contribution is -2.53. The number of hydrogen-bond acceptors (Lipinski definition) is 4. The van der Waals surface area contributed by atoms with Crippen molar-refractivity contribution in [3.63, 3.8) is 0 Å². The van der Waals surface area contributed by atoms with Crippen molar-refractivity contribution in [2.45, 2.75) is 51.0 Å². The molecule has 0 aromatic heterocycles. The van der Waals surface area contributed by atoms with Crippen LogP contribution in [0.15, 0.2) is 24.3 Å². The molecule has 1 aliphatic heterocycles. The summed E-state index contributed by atoms with van der Waals surface area (Å²) in [6, 6.07) is 7.86. The Morgan fingerprint density at radius 1 is 1.28 bits per heavy atom. The molecule has 2 rings (SSSR count). The molecule has 0 saturated carbocycles. The van der Waals surface area contributed by atoms with Gasteiger partial charge in [-0.2, -0.15) is 0 Å². The molecular weight excluding hydrogens is 322 g/mol. The first-order valence-electron chi connectivity index (χ1n) is 8.79. The third-order valence-electron chi connectivity index (χ3n) is 4.40. The number of carbonyl (C=O) groups is 2. The first-order valence-corrected chi connectivity index (χ1v) is 8.79. The van der Waals surface area contributed by atoms with E-state index in [0.717, 1.165) is 17.7 Å². The Morgan fingerprint density at radius 2 is 2.04 bits per heavy atom. The second-order valence-corrected chi connectivity index (χ2v) is 6.63.